The number of aliphatic hydroxyl groups is 1. The number of likely N-dealkylation sites (tertiary alicyclic amines) is 1. The Morgan fingerprint density at radius 2 is 1.70 bits per heavy atom. The van der Waals surface area contributed by atoms with E-state index in [0.717, 1.165) is 25.2 Å². The van der Waals surface area contributed by atoms with Crippen LogP contribution in [0.15, 0.2) is 49.6 Å². The van der Waals surface area contributed by atoms with Crippen molar-refractivity contribution < 1.29 is 24.2 Å². The van der Waals surface area contributed by atoms with E-state index in [1.165, 1.54) is 4.90 Å². The number of aliphatic hydroxyl groups excluding tert-OH is 1. The molecule has 2 bridgehead atoms. The normalized spacial score (nSPS) is 29.7. The molecule has 1 aromatic carbocycles. The Morgan fingerprint density at radius 3 is 2.23 bits per heavy atom. The number of benzene rings is 1. The van der Waals surface area contributed by atoms with Gasteiger partial charge in [0.25, 0.3) is 5.91 Å². The zero-order valence-electron chi connectivity index (χ0n) is 26.8. The lowest BCUT2D eigenvalue weighted by atomic mass is 9.62. The number of carbonyl (C=O) groups excluding carboxylic acids is 3. The summed E-state index contributed by atoms with van der Waals surface area (Å²) < 4.78 is 6.90. The molecule has 0 aliphatic carbocycles. The van der Waals surface area contributed by atoms with Crippen molar-refractivity contribution in [1.29, 1.82) is 0 Å². The highest BCUT2D eigenvalue weighted by Crippen LogP contribution is 2.65. The summed E-state index contributed by atoms with van der Waals surface area (Å²) in [6, 6.07) is 6.19. The molecule has 3 amide bonds. The summed E-state index contributed by atoms with van der Waals surface area (Å²) in [7, 11) is 0. The van der Waals surface area contributed by atoms with Gasteiger partial charge in [0.15, 0.2) is 0 Å². The largest absolute Gasteiger partial charge is 0.394 e. The molecule has 4 rings (SSSR count). The minimum atomic E-state index is -1.20. The van der Waals surface area contributed by atoms with Gasteiger partial charge in [0.05, 0.1) is 30.1 Å². The fourth-order valence-corrected chi connectivity index (χ4v) is 7.84. The molecule has 3 saturated heterocycles. The molecule has 0 saturated carbocycles. The third-order valence-corrected chi connectivity index (χ3v) is 10.0. The molecule has 7 atom stereocenters. The van der Waals surface area contributed by atoms with E-state index in [4.69, 9.17) is 4.74 Å². The van der Waals surface area contributed by atoms with Crippen LogP contribution in [0.2, 0.25) is 0 Å². The van der Waals surface area contributed by atoms with Crippen LogP contribution in [0.3, 0.4) is 0 Å². The number of anilines is 2. The zero-order valence-corrected chi connectivity index (χ0v) is 26.8. The van der Waals surface area contributed by atoms with Crippen LogP contribution in [0.5, 0.6) is 0 Å². The average Bonchev–Trinajstić information content (AvgIpc) is 3.52. The molecule has 9 heteroatoms. The highest BCUT2D eigenvalue weighted by molar-refractivity contribution is 6.05. The molecule has 3 aliphatic heterocycles. The molecular formula is C34H50N4O5. The predicted molar refractivity (Wildman–Crippen MR) is 170 cm³/mol. The molecule has 1 aromatic rings. The molecule has 3 fully saturated rings. The highest BCUT2D eigenvalue weighted by Gasteiger charge is 2.80. The van der Waals surface area contributed by atoms with Crippen molar-refractivity contribution in [3.8, 4) is 0 Å². The topological polar surface area (TPSA) is 93.6 Å². The molecule has 3 aliphatic rings. The van der Waals surface area contributed by atoms with Crippen molar-refractivity contribution in [2.45, 2.75) is 77.7 Å². The summed E-state index contributed by atoms with van der Waals surface area (Å²) in [6.45, 7) is 22.2. The van der Waals surface area contributed by atoms with Gasteiger partial charge >= 0.3 is 0 Å². The Morgan fingerprint density at radius 1 is 1.09 bits per heavy atom. The minimum absolute atomic E-state index is 0.0707. The lowest BCUT2D eigenvalue weighted by Crippen LogP contribution is -2.58. The van der Waals surface area contributed by atoms with Crippen LogP contribution in [0.1, 0.15) is 54.4 Å². The second kappa shape index (κ2) is 12.8. The van der Waals surface area contributed by atoms with Crippen molar-refractivity contribution in [3.63, 3.8) is 0 Å². The first-order valence-corrected chi connectivity index (χ1v) is 15.8. The fraction of sp³-hybridized carbons (Fsp3) is 0.618. The standard InChI is InChI=1S/C34H50N4O5/c1-9-18-36(19-10-2)30(40)27-28-31(41)38(24(7)22-39)29(34(28)21-23(6)33(27,8)43-34)32(42)37(20-11-3)26-16-14-25(15-17-26)35(12-4)13-5/h9,11,14-17,23-24,27-29,39H,1,3,10,12-13,18-22H2,2,4-8H3/t23?,24-,27-,28+,29?,33+,34?/m1/s1. The highest BCUT2D eigenvalue weighted by atomic mass is 16.5. The number of nitrogens with zero attached hydrogens (tertiary/aromatic N) is 4. The minimum Gasteiger partial charge on any atom is -0.394 e. The summed E-state index contributed by atoms with van der Waals surface area (Å²) >= 11 is 0. The van der Waals surface area contributed by atoms with E-state index in [1.807, 2.05) is 45.0 Å². The van der Waals surface area contributed by atoms with Crippen molar-refractivity contribution in [1.82, 2.24) is 9.80 Å². The molecular weight excluding hydrogens is 544 g/mol. The van der Waals surface area contributed by atoms with Gasteiger partial charge < -0.3 is 29.4 Å². The maximum absolute atomic E-state index is 14.8. The second-order valence-corrected chi connectivity index (χ2v) is 12.5. The van der Waals surface area contributed by atoms with Crippen LogP contribution in [-0.2, 0) is 19.1 Å². The van der Waals surface area contributed by atoms with Crippen LogP contribution in [0, 0.1) is 17.8 Å². The Balaban J connectivity index is 1.81. The Labute approximate surface area is 257 Å². The van der Waals surface area contributed by atoms with Gasteiger partial charge in [0.1, 0.15) is 11.6 Å². The number of hydrogen-bond donors (Lipinski definition) is 1. The molecule has 3 unspecified atom stereocenters. The molecule has 43 heavy (non-hydrogen) atoms. The molecule has 1 N–H and O–H groups in total. The Kier molecular flexibility index (Phi) is 9.76. The van der Waals surface area contributed by atoms with E-state index in [1.54, 1.807) is 28.9 Å². The molecule has 1 spiro atoms. The van der Waals surface area contributed by atoms with E-state index < -0.39 is 35.1 Å². The van der Waals surface area contributed by atoms with Gasteiger partial charge in [-0.2, -0.15) is 0 Å². The van der Waals surface area contributed by atoms with Gasteiger partial charge in [-0.3, -0.25) is 14.4 Å². The van der Waals surface area contributed by atoms with Crippen LogP contribution in [0.4, 0.5) is 11.4 Å². The maximum atomic E-state index is 14.8. The van der Waals surface area contributed by atoms with Gasteiger partial charge in [-0.15, -0.1) is 13.2 Å². The van der Waals surface area contributed by atoms with E-state index in [9.17, 15) is 19.5 Å². The van der Waals surface area contributed by atoms with E-state index in [0.29, 0.717) is 25.2 Å². The number of amides is 3. The van der Waals surface area contributed by atoms with Gasteiger partial charge in [-0.05, 0) is 70.7 Å². The Bertz CT molecular complexity index is 1220. The first-order valence-electron chi connectivity index (χ1n) is 15.8. The summed E-state index contributed by atoms with van der Waals surface area (Å²) in [5.41, 5.74) is -0.364. The Hall–Kier alpha value is -3.17. The number of rotatable bonds is 14. The van der Waals surface area contributed by atoms with Crippen molar-refractivity contribution in [2.75, 3.05) is 49.1 Å². The maximum Gasteiger partial charge on any atom is 0.253 e. The number of ether oxygens (including phenoxy) is 1. The zero-order chi connectivity index (χ0) is 31.7. The van der Waals surface area contributed by atoms with Gasteiger partial charge in [-0.1, -0.05) is 26.0 Å². The SMILES string of the molecule is C=CCN(CCC)C(=O)[C@H]1[C@H]2C(=O)N([C@H](C)CO)C(C(=O)N(CC=C)c3ccc(N(CC)CC)cc3)C23CC(C)[C@]1(C)O3. The lowest BCUT2D eigenvalue weighted by Gasteiger charge is -2.39. The quantitative estimate of drug-likeness (QED) is 0.329. The predicted octanol–water partition coefficient (Wildman–Crippen LogP) is 3.87. The molecule has 3 heterocycles. The van der Waals surface area contributed by atoms with E-state index in [-0.39, 0.29) is 36.8 Å². The van der Waals surface area contributed by atoms with Gasteiger partial charge in [0, 0.05) is 44.1 Å². The van der Waals surface area contributed by atoms with Crippen molar-refractivity contribution >= 4 is 29.1 Å². The first kappa shape index (κ1) is 32.7. The molecule has 236 valence electrons. The van der Waals surface area contributed by atoms with Gasteiger partial charge in [-0.25, -0.2) is 0 Å². The van der Waals surface area contributed by atoms with Crippen molar-refractivity contribution in [2.24, 2.45) is 17.8 Å². The number of fused-ring (bicyclic) bond motifs is 1. The van der Waals surface area contributed by atoms with Crippen molar-refractivity contribution in [3.05, 3.63) is 49.6 Å². The lowest BCUT2D eigenvalue weighted by molar-refractivity contribution is -0.153. The molecule has 9 nitrogen and oxygen atoms in total. The van der Waals surface area contributed by atoms with Crippen LogP contribution in [0.25, 0.3) is 0 Å². The monoisotopic (exact) mass is 594 g/mol. The number of hydrogen-bond acceptors (Lipinski definition) is 6. The fourth-order valence-electron chi connectivity index (χ4n) is 7.84. The summed E-state index contributed by atoms with van der Waals surface area (Å²) in [5, 5.41) is 10.3. The average molecular weight is 595 g/mol. The van der Waals surface area contributed by atoms with Crippen LogP contribution >= 0.6 is 0 Å². The molecule has 0 radical (unpaired) electrons. The number of carbonyl (C=O) groups is 3. The molecule has 0 aromatic heterocycles. The van der Waals surface area contributed by atoms with Crippen LogP contribution in [-0.4, -0.2) is 95.2 Å². The summed E-state index contributed by atoms with van der Waals surface area (Å²) in [4.78, 5) is 50.6. The van der Waals surface area contributed by atoms with Gasteiger partial charge in [0.2, 0.25) is 11.8 Å². The third-order valence-electron chi connectivity index (χ3n) is 10.0. The van der Waals surface area contributed by atoms with E-state index in [2.05, 4.69) is 31.9 Å². The summed E-state index contributed by atoms with van der Waals surface area (Å²) in [5.74, 6) is -2.40. The second-order valence-electron chi connectivity index (χ2n) is 12.5. The third kappa shape index (κ3) is 5.18. The first-order chi connectivity index (χ1) is 20.5. The van der Waals surface area contributed by atoms with E-state index >= 15 is 0 Å². The smallest absolute Gasteiger partial charge is 0.253 e. The van der Waals surface area contributed by atoms with Crippen LogP contribution < -0.4 is 9.80 Å². The summed E-state index contributed by atoms with van der Waals surface area (Å²) in [6.07, 6.45) is 4.60.